The average Bonchev–Trinajstić information content (AvgIpc) is 2.47. The van der Waals surface area contributed by atoms with Gasteiger partial charge in [-0.25, -0.2) is 0 Å². The number of hydrogen-bond acceptors (Lipinski definition) is 1. The molecule has 0 saturated heterocycles. The fourth-order valence-electron chi connectivity index (χ4n) is 2.42. The van der Waals surface area contributed by atoms with Gasteiger partial charge in [-0.05, 0) is 39.0 Å². The fraction of sp³-hybridized carbons (Fsp3) is 0.895. The van der Waals surface area contributed by atoms with E-state index >= 15 is 0 Å². The summed E-state index contributed by atoms with van der Waals surface area (Å²) < 4.78 is 5.34. The van der Waals surface area contributed by atoms with E-state index in [-0.39, 0.29) is 0 Å². The van der Waals surface area contributed by atoms with Crippen molar-refractivity contribution < 1.29 is 4.74 Å². The topological polar surface area (TPSA) is 9.23 Å². The van der Waals surface area contributed by atoms with Crippen LogP contribution in [0.4, 0.5) is 0 Å². The minimum absolute atomic E-state index is 0.864. The summed E-state index contributed by atoms with van der Waals surface area (Å²) in [5, 5.41) is 0. The van der Waals surface area contributed by atoms with Crippen LogP contribution in [0.2, 0.25) is 0 Å². The van der Waals surface area contributed by atoms with E-state index in [4.69, 9.17) is 4.74 Å². The Hall–Kier alpha value is -0.300. The number of unbranched alkanes of at least 4 members (excludes halogenated alkanes) is 11. The molecule has 0 radical (unpaired) electrons. The molecule has 0 bridgehead atoms. The number of hydrogen-bond donors (Lipinski definition) is 0. The lowest BCUT2D eigenvalue weighted by Crippen LogP contribution is -1.92. The minimum Gasteiger partial charge on any atom is -0.382 e. The van der Waals surface area contributed by atoms with Crippen LogP contribution in [0.25, 0.3) is 0 Å². The van der Waals surface area contributed by atoms with Crippen LogP contribution >= 0.6 is 0 Å². The van der Waals surface area contributed by atoms with Gasteiger partial charge >= 0.3 is 0 Å². The summed E-state index contributed by atoms with van der Waals surface area (Å²) in [5.74, 6) is 0. The maximum Gasteiger partial charge on any atom is 0.0465 e. The highest BCUT2D eigenvalue weighted by atomic mass is 16.5. The molecule has 1 nitrogen and oxygen atoms in total. The van der Waals surface area contributed by atoms with Gasteiger partial charge < -0.3 is 4.74 Å². The van der Waals surface area contributed by atoms with Gasteiger partial charge in [0.15, 0.2) is 0 Å². The molecule has 0 aliphatic carbocycles. The van der Waals surface area contributed by atoms with Crippen LogP contribution in [0.5, 0.6) is 0 Å². The van der Waals surface area contributed by atoms with E-state index in [1.165, 1.54) is 83.5 Å². The molecule has 0 aromatic carbocycles. The van der Waals surface area contributed by atoms with Crippen molar-refractivity contribution in [1.29, 1.82) is 0 Å². The molecule has 0 unspecified atom stereocenters. The van der Waals surface area contributed by atoms with Crippen molar-refractivity contribution >= 4 is 0 Å². The largest absolute Gasteiger partial charge is 0.382 e. The van der Waals surface area contributed by atoms with Crippen LogP contribution in [0.3, 0.4) is 0 Å². The highest BCUT2D eigenvalue weighted by Gasteiger charge is 1.91. The second-order valence-corrected chi connectivity index (χ2v) is 5.78. The van der Waals surface area contributed by atoms with Crippen molar-refractivity contribution in [2.24, 2.45) is 0 Å². The van der Waals surface area contributed by atoms with Crippen LogP contribution < -0.4 is 0 Å². The zero-order valence-corrected chi connectivity index (χ0v) is 14.2. The smallest absolute Gasteiger partial charge is 0.0465 e. The monoisotopic (exact) mass is 282 g/mol. The van der Waals surface area contributed by atoms with Crippen LogP contribution in [0, 0.1) is 0 Å². The van der Waals surface area contributed by atoms with E-state index in [0.29, 0.717) is 0 Å². The lowest BCUT2D eigenvalue weighted by atomic mass is 10.1. The molecule has 20 heavy (non-hydrogen) atoms. The van der Waals surface area contributed by atoms with E-state index < -0.39 is 0 Å². The molecule has 0 heterocycles. The third-order valence-electron chi connectivity index (χ3n) is 3.75. The summed E-state index contributed by atoms with van der Waals surface area (Å²) >= 11 is 0. The molecule has 0 aliphatic rings. The first-order chi connectivity index (χ1) is 9.91. The van der Waals surface area contributed by atoms with Crippen molar-refractivity contribution in [2.75, 3.05) is 13.2 Å². The minimum atomic E-state index is 0.864. The van der Waals surface area contributed by atoms with Crippen molar-refractivity contribution in [3.05, 3.63) is 12.2 Å². The molecule has 0 spiro atoms. The number of ether oxygens (including phenoxy) is 1. The highest BCUT2D eigenvalue weighted by molar-refractivity contribution is 4.81. The van der Waals surface area contributed by atoms with Crippen LogP contribution in [-0.4, -0.2) is 13.2 Å². The summed E-state index contributed by atoms with van der Waals surface area (Å²) in [6, 6.07) is 0. The number of allylic oxidation sites excluding steroid dienone is 2. The Balaban J connectivity index is 3.01. The Labute approximate surface area is 128 Å². The third kappa shape index (κ3) is 17.7. The molecule has 0 rings (SSSR count). The predicted octanol–water partition coefficient (Wildman–Crippen LogP) is 6.67. The van der Waals surface area contributed by atoms with Crippen molar-refractivity contribution in [1.82, 2.24) is 0 Å². The van der Waals surface area contributed by atoms with Crippen LogP contribution in [0.1, 0.15) is 97.3 Å². The molecule has 0 fully saturated rings. The Bertz CT molecular complexity index is 186. The molecule has 0 amide bonds. The summed E-state index contributed by atoms with van der Waals surface area (Å²) in [4.78, 5) is 0. The van der Waals surface area contributed by atoms with Crippen LogP contribution in [0.15, 0.2) is 12.2 Å². The standard InChI is InChI=1S/C19H38O/c1-3-5-6-7-8-9-10-11-12-13-14-15-16-17-18-19-20-4-2/h11-12H,3-10,13-19H2,1-2H3. The maximum atomic E-state index is 5.34. The number of rotatable bonds is 16. The predicted molar refractivity (Wildman–Crippen MR) is 91.3 cm³/mol. The molecule has 1 heteroatoms. The van der Waals surface area contributed by atoms with Gasteiger partial charge in [0.1, 0.15) is 0 Å². The first-order valence-electron chi connectivity index (χ1n) is 9.14. The lowest BCUT2D eigenvalue weighted by molar-refractivity contribution is 0.143. The van der Waals surface area contributed by atoms with E-state index in [0.717, 1.165) is 13.2 Å². The molecular weight excluding hydrogens is 244 g/mol. The normalized spacial score (nSPS) is 11.5. The van der Waals surface area contributed by atoms with Crippen molar-refractivity contribution in [3.8, 4) is 0 Å². The maximum absolute atomic E-state index is 5.34. The summed E-state index contributed by atoms with van der Waals surface area (Å²) in [5.41, 5.74) is 0. The van der Waals surface area contributed by atoms with E-state index in [1.807, 2.05) is 0 Å². The highest BCUT2D eigenvalue weighted by Crippen LogP contribution is 2.09. The second-order valence-electron chi connectivity index (χ2n) is 5.78. The van der Waals surface area contributed by atoms with E-state index in [2.05, 4.69) is 26.0 Å². The zero-order valence-electron chi connectivity index (χ0n) is 14.2. The quantitative estimate of drug-likeness (QED) is 0.227. The molecule has 0 aromatic rings. The molecular formula is C19H38O. The SMILES string of the molecule is CCCCCCCCC=CCCCCCCCOCC. The van der Waals surface area contributed by atoms with Gasteiger partial charge in [0.05, 0.1) is 0 Å². The van der Waals surface area contributed by atoms with Gasteiger partial charge in [-0.3, -0.25) is 0 Å². The Morgan fingerprint density at radius 3 is 1.65 bits per heavy atom. The molecule has 0 saturated carbocycles. The Morgan fingerprint density at radius 1 is 0.600 bits per heavy atom. The average molecular weight is 283 g/mol. The van der Waals surface area contributed by atoms with Gasteiger partial charge in [0.25, 0.3) is 0 Å². The van der Waals surface area contributed by atoms with Gasteiger partial charge in [0.2, 0.25) is 0 Å². The van der Waals surface area contributed by atoms with E-state index in [9.17, 15) is 0 Å². The third-order valence-corrected chi connectivity index (χ3v) is 3.75. The van der Waals surface area contributed by atoms with Gasteiger partial charge in [-0.15, -0.1) is 0 Å². The second kappa shape index (κ2) is 18.7. The first-order valence-corrected chi connectivity index (χ1v) is 9.14. The van der Waals surface area contributed by atoms with Crippen molar-refractivity contribution in [3.63, 3.8) is 0 Å². The molecule has 0 aliphatic heterocycles. The summed E-state index contributed by atoms with van der Waals surface area (Å²) in [6.07, 6.45) is 22.5. The first kappa shape index (κ1) is 19.7. The lowest BCUT2D eigenvalue weighted by Gasteiger charge is -2.01. The zero-order chi connectivity index (χ0) is 14.7. The van der Waals surface area contributed by atoms with Crippen molar-refractivity contribution in [2.45, 2.75) is 97.3 Å². The van der Waals surface area contributed by atoms with Gasteiger partial charge in [0, 0.05) is 13.2 Å². The van der Waals surface area contributed by atoms with E-state index in [1.54, 1.807) is 0 Å². The van der Waals surface area contributed by atoms with Crippen LogP contribution in [-0.2, 0) is 4.74 Å². The van der Waals surface area contributed by atoms with Gasteiger partial charge in [-0.1, -0.05) is 70.4 Å². The Kier molecular flexibility index (Phi) is 18.4. The molecule has 0 atom stereocenters. The molecule has 0 aromatic heterocycles. The van der Waals surface area contributed by atoms with Gasteiger partial charge in [-0.2, -0.15) is 0 Å². The summed E-state index contributed by atoms with van der Waals surface area (Å²) in [7, 11) is 0. The summed E-state index contributed by atoms with van der Waals surface area (Å²) in [6.45, 7) is 6.16. The Morgan fingerprint density at radius 2 is 1.10 bits per heavy atom. The molecule has 120 valence electrons. The fourth-order valence-corrected chi connectivity index (χ4v) is 2.42. The molecule has 0 N–H and O–H groups in total.